The van der Waals surface area contributed by atoms with E-state index >= 15 is 0 Å². The molecule has 0 radical (unpaired) electrons. The lowest BCUT2D eigenvalue weighted by Gasteiger charge is -2.20. The van der Waals surface area contributed by atoms with Gasteiger partial charge in [0, 0.05) is 44.5 Å². The molecule has 2 heterocycles. The highest BCUT2D eigenvalue weighted by Gasteiger charge is 2.17. The summed E-state index contributed by atoms with van der Waals surface area (Å²) >= 11 is 10.7. The molecule has 4 aromatic carbocycles. The van der Waals surface area contributed by atoms with Crippen LogP contribution in [0.2, 0.25) is 0 Å². The zero-order valence-electron chi connectivity index (χ0n) is 27.6. The van der Waals surface area contributed by atoms with Crippen LogP contribution in [0.4, 0.5) is 11.4 Å². The van der Waals surface area contributed by atoms with Gasteiger partial charge >= 0.3 is 0 Å². The van der Waals surface area contributed by atoms with Gasteiger partial charge in [0.25, 0.3) is 11.8 Å². The van der Waals surface area contributed by atoms with E-state index in [-0.39, 0.29) is 17.7 Å². The Morgan fingerprint density at radius 1 is 0.796 bits per heavy atom. The molecule has 0 fully saturated rings. The quantitative estimate of drug-likeness (QED) is 0.148. The molecule has 0 atom stereocenters. The number of nitrogens with zero attached hydrogens (tertiary/aromatic N) is 1. The Morgan fingerprint density at radius 3 is 1.82 bits per heavy atom. The number of halogens is 3. The molecule has 6 rings (SSSR count). The molecule has 0 bridgehead atoms. The first kappa shape index (κ1) is 36.7. The van der Waals surface area contributed by atoms with Crippen LogP contribution in [0.25, 0.3) is 0 Å². The lowest BCUT2D eigenvalue weighted by atomic mass is 9.95. The fraction of sp³-hybridized carbons (Fsp3) is 0.289. The highest BCUT2D eigenvalue weighted by Crippen LogP contribution is 2.31. The Kier molecular flexibility index (Phi) is 12.7. The van der Waals surface area contributed by atoms with Gasteiger partial charge in [-0.2, -0.15) is 5.26 Å². The fourth-order valence-corrected chi connectivity index (χ4v) is 7.79. The zero-order chi connectivity index (χ0) is 35.1. The number of anilines is 2. The third-order valence-electron chi connectivity index (χ3n) is 8.38. The van der Waals surface area contributed by atoms with Gasteiger partial charge in [0.05, 0.1) is 22.7 Å². The zero-order valence-corrected chi connectivity index (χ0v) is 32.4. The molecule has 2 aliphatic heterocycles. The van der Waals surface area contributed by atoms with Crippen LogP contribution in [-0.2, 0) is 25.9 Å². The van der Waals surface area contributed by atoms with Gasteiger partial charge in [-0.15, -0.1) is 0 Å². The monoisotopic (exact) mass is 849 g/mol. The van der Waals surface area contributed by atoms with Gasteiger partial charge in [-0.05, 0) is 137 Å². The molecule has 2 amide bonds. The Balaban J connectivity index is 0.000000191. The van der Waals surface area contributed by atoms with E-state index in [1.807, 2.05) is 51.1 Å². The van der Waals surface area contributed by atoms with E-state index in [1.165, 1.54) is 22.3 Å². The van der Waals surface area contributed by atoms with Gasteiger partial charge in [0.1, 0.15) is 5.75 Å². The fourth-order valence-electron chi connectivity index (χ4n) is 5.90. The predicted molar refractivity (Wildman–Crippen MR) is 206 cm³/mol. The van der Waals surface area contributed by atoms with Crippen LogP contribution in [0.1, 0.15) is 80.8 Å². The van der Waals surface area contributed by atoms with E-state index in [4.69, 9.17) is 4.74 Å². The van der Waals surface area contributed by atoms with Crippen LogP contribution in [-0.4, -0.2) is 31.5 Å². The summed E-state index contributed by atoms with van der Waals surface area (Å²) in [5.74, 6) is 0.629. The first-order valence-corrected chi connectivity index (χ1v) is 18.6. The van der Waals surface area contributed by atoms with E-state index < -0.39 is 0 Å². The number of hydrogen-bond donors (Lipinski definition) is 4. The Morgan fingerprint density at radius 2 is 1.33 bits per heavy atom. The second-order valence-electron chi connectivity index (χ2n) is 12.1. The van der Waals surface area contributed by atoms with E-state index in [2.05, 4.69) is 75.1 Å². The molecule has 0 spiro atoms. The molecule has 0 saturated carbocycles. The van der Waals surface area contributed by atoms with Crippen LogP contribution in [0.15, 0.2) is 74.1 Å². The van der Waals surface area contributed by atoms with Gasteiger partial charge in [-0.3, -0.25) is 9.59 Å². The SMILES string of the molecule is CC(C)c1ccc(C(=O)Nc2cc(Br)c3c(c2)CNCC3)cc1C#N.CCOc1ccc(C(=O)Nc2cc(Br)c3c(c2)CNCC3)cc1Br. The van der Waals surface area contributed by atoms with Crippen molar-refractivity contribution in [3.63, 3.8) is 0 Å². The minimum absolute atomic E-state index is 0.144. The van der Waals surface area contributed by atoms with Crippen LogP contribution in [0.3, 0.4) is 0 Å². The number of nitrogens with one attached hydrogen (secondary N) is 4. The molecule has 254 valence electrons. The molecule has 4 aromatic rings. The van der Waals surface area contributed by atoms with Crippen molar-refractivity contribution < 1.29 is 14.3 Å². The van der Waals surface area contributed by atoms with Crippen molar-refractivity contribution >= 4 is 71.0 Å². The van der Waals surface area contributed by atoms with Crippen molar-refractivity contribution in [3.8, 4) is 11.8 Å². The number of hydrogen-bond acceptors (Lipinski definition) is 6. The lowest BCUT2D eigenvalue weighted by molar-refractivity contribution is 0.101. The first-order valence-electron chi connectivity index (χ1n) is 16.2. The second-order valence-corrected chi connectivity index (χ2v) is 14.7. The average molecular weight is 852 g/mol. The predicted octanol–water partition coefficient (Wildman–Crippen LogP) is 8.85. The van der Waals surface area contributed by atoms with Crippen molar-refractivity contribution in [2.75, 3.05) is 30.3 Å². The normalized spacial score (nSPS) is 13.3. The maximum atomic E-state index is 12.6. The molecular formula is C38H38Br3N5O3. The van der Waals surface area contributed by atoms with E-state index in [9.17, 15) is 14.9 Å². The van der Waals surface area contributed by atoms with Crippen LogP contribution >= 0.6 is 47.8 Å². The van der Waals surface area contributed by atoms with Gasteiger partial charge in [-0.25, -0.2) is 0 Å². The summed E-state index contributed by atoms with van der Waals surface area (Å²) < 4.78 is 8.32. The van der Waals surface area contributed by atoms with Gasteiger partial charge in [-0.1, -0.05) is 51.8 Å². The highest BCUT2D eigenvalue weighted by atomic mass is 79.9. The summed E-state index contributed by atoms with van der Waals surface area (Å²) in [6.45, 7) is 10.2. The van der Waals surface area contributed by atoms with Crippen molar-refractivity contribution in [3.05, 3.63) is 119 Å². The summed E-state index contributed by atoms with van der Waals surface area (Å²) in [6, 6.07) is 20.8. The summed E-state index contributed by atoms with van der Waals surface area (Å²) in [5, 5.41) is 21.9. The second kappa shape index (κ2) is 16.9. The topological polar surface area (TPSA) is 115 Å². The third-order valence-corrected chi connectivity index (χ3v) is 10.4. The standard InChI is InChI=1S/C20H20BrN3O.C18H18Br2N2O2/c1-12(2)17-4-3-13(7-14(17)10-22)20(25)24-16-8-15-11-23-6-5-18(15)19(21)9-16;1-2-24-17-4-3-11(8-16(17)20)18(23)22-13-7-12-10-21-6-5-14(12)15(19)9-13/h3-4,7-9,12,23H,5-6,11H2,1-2H3,(H,24,25);3-4,7-9,21H,2,5-6,10H2,1H3,(H,22,23). The van der Waals surface area contributed by atoms with Crippen LogP contribution in [0, 0.1) is 11.3 Å². The summed E-state index contributed by atoms with van der Waals surface area (Å²) in [6.07, 6.45) is 1.97. The number of fused-ring (bicyclic) bond motifs is 2. The Labute approximate surface area is 312 Å². The molecule has 0 saturated heterocycles. The maximum Gasteiger partial charge on any atom is 0.255 e. The largest absolute Gasteiger partial charge is 0.493 e. The third kappa shape index (κ3) is 9.18. The van der Waals surface area contributed by atoms with Gasteiger partial charge in [0.2, 0.25) is 0 Å². The van der Waals surface area contributed by atoms with Crippen molar-refractivity contribution in [2.24, 2.45) is 0 Å². The van der Waals surface area contributed by atoms with E-state index in [0.717, 1.165) is 75.1 Å². The van der Waals surface area contributed by atoms with Crippen molar-refractivity contribution in [1.29, 1.82) is 5.26 Å². The van der Waals surface area contributed by atoms with Crippen molar-refractivity contribution in [2.45, 2.75) is 52.6 Å². The Hall–Kier alpha value is -3.53. The molecule has 11 heteroatoms. The molecule has 4 N–H and O–H groups in total. The summed E-state index contributed by atoms with van der Waals surface area (Å²) in [4.78, 5) is 25.1. The van der Waals surface area contributed by atoms with Crippen LogP contribution < -0.4 is 26.0 Å². The van der Waals surface area contributed by atoms with Gasteiger partial charge in [0.15, 0.2) is 0 Å². The highest BCUT2D eigenvalue weighted by molar-refractivity contribution is 9.11. The molecule has 2 aliphatic rings. The molecule has 0 aromatic heterocycles. The molecule has 8 nitrogen and oxygen atoms in total. The first-order chi connectivity index (χ1) is 23.6. The number of benzene rings is 4. The van der Waals surface area contributed by atoms with Gasteiger partial charge < -0.3 is 26.0 Å². The van der Waals surface area contributed by atoms with E-state index in [1.54, 1.807) is 30.3 Å². The van der Waals surface area contributed by atoms with Crippen molar-refractivity contribution in [1.82, 2.24) is 10.6 Å². The molecular weight excluding hydrogens is 814 g/mol. The molecule has 0 aliphatic carbocycles. The number of rotatable bonds is 7. The molecule has 0 unspecified atom stereocenters. The maximum absolute atomic E-state index is 12.6. The Bertz CT molecular complexity index is 1920. The van der Waals surface area contributed by atoms with Crippen LogP contribution in [0.5, 0.6) is 5.75 Å². The number of carbonyl (C=O) groups is 2. The minimum Gasteiger partial charge on any atom is -0.493 e. The summed E-state index contributed by atoms with van der Waals surface area (Å²) in [5.41, 5.74) is 9.17. The van der Waals surface area contributed by atoms with E-state index in [0.29, 0.717) is 23.3 Å². The summed E-state index contributed by atoms with van der Waals surface area (Å²) in [7, 11) is 0. The number of carbonyl (C=O) groups excluding carboxylic acids is 2. The average Bonchev–Trinajstić information content (AvgIpc) is 3.09. The lowest BCUT2D eigenvalue weighted by Crippen LogP contribution is -2.24. The number of nitriles is 1. The number of amides is 2. The minimum atomic E-state index is -0.206. The number of ether oxygens (including phenoxy) is 1. The smallest absolute Gasteiger partial charge is 0.255 e. The molecule has 49 heavy (non-hydrogen) atoms.